The maximum atomic E-state index is 2.50. The van der Waals surface area contributed by atoms with Crippen LogP contribution in [0.5, 0.6) is 0 Å². The summed E-state index contributed by atoms with van der Waals surface area (Å²) in [5, 5.41) is 0. The van der Waals surface area contributed by atoms with Gasteiger partial charge in [0.25, 0.3) is 0 Å². The second-order valence-corrected chi connectivity index (χ2v) is 7.50. The van der Waals surface area contributed by atoms with Gasteiger partial charge < -0.3 is 4.90 Å². The van der Waals surface area contributed by atoms with E-state index in [2.05, 4.69) is 25.8 Å². The average molecular weight is 251 g/mol. The molecule has 1 saturated carbocycles. The topological polar surface area (TPSA) is 3.24 Å². The highest BCUT2D eigenvalue weighted by molar-refractivity contribution is 4.78. The zero-order chi connectivity index (χ0) is 13.0. The van der Waals surface area contributed by atoms with Crippen LogP contribution in [0.1, 0.15) is 65.2 Å². The van der Waals surface area contributed by atoms with Crippen molar-refractivity contribution in [1.82, 2.24) is 4.90 Å². The lowest BCUT2D eigenvalue weighted by Gasteiger charge is -2.34. The van der Waals surface area contributed by atoms with Gasteiger partial charge in [-0.2, -0.15) is 0 Å². The van der Waals surface area contributed by atoms with E-state index in [-0.39, 0.29) is 0 Å². The Labute approximate surface area is 114 Å². The number of nitrogens with zero attached hydrogens (tertiary/aromatic N) is 1. The van der Waals surface area contributed by atoms with Crippen LogP contribution in [0.15, 0.2) is 0 Å². The minimum atomic E-state index is 0.903. The molecule has 2 aliphatic rings. The van der Waals surface area contributed by atoms with Crippen LogP contribution < -0.4 is 0 Å². The minimum absolute atomic E-state index is 0.903. The van der Waals surface area contributed by atoms with Gasteiger partial charge in [0.1, 0.15) is 0 Å². The zero-order valence-corrected chi connectivity index (χ0v) is 12.8. The van der Waals surface area contributed by atoms with Gasteiger partial charge in [-0.15, -0.1) is 0 Å². The summed E-state index contributed by atoms with van der Waals surface area (Å²) in [6.45, 7) is 7.44. The molecule has 18 heavy (non-hydrogen) atoms. The quantitative estimate of drug-likeness (QED) is 0.707. The molecule has 0 aromatic heterocycles. The van der Waals surface area contributed by atoms with Gasteiger partial charge in [-0.1, -0.05) is 39.5 Å². The number of rotatable bonds is 4. The van der Waals surface area contributed by atoms with Crippen molar-refractivity contribution in [2.75, 3.05) is 20.1 Å². The third-order valence-electron chi connectivity index (χ3n) is 5.28. The van der Waals surface area contributed by atoms with Gasteiger partial charge in [0.15, 0.2) is 0 Å². The Bertz CT molecular complexity index is 220. The molecule has 1 aliphatic heterocycles. The molecule has 0 amide bonds. The molecule has 0 atom stereocenters. The maximum Gasteiger partial charge on any atom is -0.00191 e. The maximum absolute atomic E-state index is 2.50. The second kappa shape index (κ2) is 6.93. The summed E-state index contributed by atoms with van der Waals surface area (Å²) >= 11 is 0. The zero-order valence-electron chi connectivity index (χ0n) is 12.8. The lowest BCUT2D eigenvalue weighted by molar-refractivity contribution is 0.165. The average Bonchev–Trinajstić information content (AvgIpc) is 2.34. The van der Waals surface area contributed by atoms with Crippen LogP contribution >= 0.6 is 0 Å². The van der Waals surface area contributed by atoms with E-state index in [1.165, 1.54) is 58.0 Å². The predicted octanol–water partition coefficient (Wildman–Crippen LogP) is 4.57. The third-order valence-corrected chi connectivity index (χ3v) is 5.28. The molecule has 0 spiro atoms. The summed E-state index contributed by atoms with van der Waals surface area (Å²) in [4.78, 5) is 2.50. The standard InChI is InChI=1S/C17H33N/c1-14(2)12-15-4-6-16(7-5-15)13-17-8-10-18(3)11-9-17/h14-17H,4-13H2,1-3H3. The fraction of sp³-hybridized carbons (Fsp3) is 1.00. The summed E-state index contributed by atoms with van der Waals surface area (Å²) in [5.41, 5.74) is 0. The van der Waals surface area contributed by atoms with Crippen LogP contribution in [0.3, 0.4) is 0 Å². The first kappa shape index (κ1) is 14.4. The van der Waals surface area contributed by atoms with E-state index < -0.39 is 0 Å². The van der Waals surface area contributed by atoms with E-state index in [9.17, 15) is 0 Å². The molecule has 1 saturated heterocycles. The Hall–Kier alpha value is -0.0400. The molecule has 2 fully saturated rings. The summed E-state index contributed by atoms with van der Waals surface area (Å²) in [7, 11) is 2.27. The molecule has 106 valence electrons. The normalized spacial score (nSPS) is 32.0. The Morgan fingerprint density at radius 1 is 0.833 bits per heavy atom. The van der Waals surface area contributed by atoms with Crippen molar-refractivity contribution in [2.45, 2.75) is 65.2 Å². The highest BCUT2D eigenvalue weighted by Crippen LogP contribution is 2.37. The largest absolute Gasteiger partial charge is 0.306 e. The van der Waals surface area contributed by atoms with E-state index in [1.807, 2.05) is 0 Å². The van der Waals surface area contributed by atoms with Crippen LogP contribution in [0.4, 0.5) is 0 Å². The summed E-state index contributed by atoms with van der Waals surface area (Å²) in [6.07, 6.45) is 12.0. The Morgan fingerprint density at radius 3 is 1.89 bits per heavy atom. The number of hydrogen-bond acceptors (Lipinski definition) is 1. The Kier molecular flexibility index (Phi) is 5.54. The minimum Gasteiger partial charge on any atom is -0.306 e. The number of hydrogen-bond donors (Lipinski definition) is 0. The fourth-order valence-electron chi connectivity index (χ4n) is 4.14. The van der Waals surface area contributed by atoms with Crippen molar-refractivity contribution in [1.29, 1.82) is 0 Å². The summed E-state index contributed by atoms with van der Waals surface area (Å²) in [6, 6.07) is 0. The lowest BCUT2D eigenvalue weighted by atomic mass is 9.74. The molecule has 1 heterocycles. The summed E-state index contributed by atoms with van der Waals surface area (Å²) in [5.74, 6) is 4.08. The highest BCUT2D eigenvalue weighted by atomic mass is 15.1. The molecule has 2 rings (SSSR count). The van der Waals surface area contributed by atoms with Crippen LogP contribution in [-0.4, -0.2) is 25.0 Å². The molecule has 1 heteroatoms. The third kappa shape index (κ3) is 4.57. The van der Waals surface area contributed by atoms with Crippen molar-refractivity contribution in [3.8, 4) is 0 Å². The molecule has 0 radical (unpaired) electrons. The number of likely N-dealkylation sites (tertiary alicyclic amines) is 1. The van der Waals surface area contributed by atoms with Gasteiger partial charge >= 0.3 is 0 Å². The van der Waals surface area contributed by atoms with Gasteiger partial charge in [-0.05, 0) is 69.5 Å². The lowest BCUT2D eigenvalue weighted by Crippen LogP contribution is -2.31. The molecular formula is C17H33N. The van der Waals surface area contributed by atoms with Gasteiger partial charge in [0.2, 0.25) is 0 Å². The van der Waals surface area contributed by atoms with E-state index in [0.717, 1.165) is 23.7 Å². The SMILES string of the molecule is CC(C)CC1CCC(CC2CCN(C)CC2)CC1. The van der Waals surface area contributed by atoms with Crippen molar-refractivity contribution < 1.29 is 0 Å². The second-order valence-electron chi connectivity index (χ2n) is 7.50. The summed E-state index contributed by atoms with van der Waals surface area (Å²) < 4.78 is 0. The van der Waals surface area contributed by atoms with E-state index in [0.29, 0.717) is 0 Å². The van der Waals surface area contributed by atoms with E-state index in [1.54, 1.807) is 6.42 Å². The molecule has 0 unspecified atom stereocenters. The van der Waals surface area contributed by atoms with E-state index >= 15 is 0 Å². The predicted molar refractivity (Wildman–Crippen MR) is 79.7 cm³/mol. The molecule has 1 aliphatic carbocycles. The van der Waals surface area contributed by atoms with Crippen LogP contribution in [0.25, 0.3) is 0 Å². The first-order valence-electron chi connectivity index (χ1n) is 8.32. The first-order valence-corrected chi connectivity index (χ1v) is 8.32. The molecule has 1 nitrogen and oxygen atoms in total. The molecule has 0 bridgehead atoms. The Morgan fingerprint density at radius 2 is 1.33 bits per heavy atom. The van der Waals surface area contributed by atoms with E-state index in [4.69, 9.17) is 0 Å². The first-order chi connectivity index (χ1) is 8.63. The van der Waals surface area contributed by atoms with Crippen molar-refractivity contribution in [3.05, 3.63) is 0 Å². The van der Waals surface area contributed by atoms with Crippen LogP contribution in [-0.2, 0) is 0 Å². The van der Waals surface area contributed by atoms with Gasteiger partial charge in [-0.25, -0.2) is 0 Å². The van der Waals surface area contributed by atoms with Crippen molar-refractivity contribution in [2.24, 2.45) is 23.7 Å². The molecule has 0 N–H and O–H groups in total. The Balaban J connectivity index is 1.64. The van der Waals surface area contributed by atoms with Crippen molar-refractivity contribution >= 4 is 0 Å². The smallest absolute Gasteiger partial charge is 0.00191 e. The molecule has 0 aromatic rings. The van der Waals surface area contributed by atoms with Crippen LogP contribution in [0, 0.1) is 23.7 Å². The molecular weight excluding hydrogens is 218 g/mol. The van der Waals surface area contributed by atoms with Crippen molar-refractivity contribution in [3.63, 3.8) is 0 Å². The fourth-order valence-corrected chi connectivity index (χ4v) is 4.14. The number of piperidine rings is 1. The van der Waals surface area contributed by atoms with Gasteiger partial charge in [0.05, 0.1) is 0 Å². The van der Waals surface area contributed by atoms with Gasteiger partial charge in [-0.3, -0.25) is 0 Å². The highest BCUT2D eigenvalue weighted by Gasteiger charge is 2.25. The van der Waals surface area contributed by atoms with Crippen LogP contribution in [0.2, 0.25) is 0 Å². The van der Waals surface area contributed by atoms with Gasteiger partial charge in [0, 0.05) is 0 Å². The monoisotopic (exact) mass is 251 g/mol. The molecule has 0 aromatic carbocycles.